The minimum atomic E-state index is -0.653. The number of hydrogen-bond acceptors (Lipinski definition) is 5. The summed E-state index contributed by atoms with van der Waals surface area (Å²) in [7, 11) is 0. The van der Waals surface area contributed by atoms with Crippen LogP contribution in [0.3, 0.4) is 0 Å². The Balaban J connectivity index is 2.01. The largest absolute Gasteiger partial charge is 0.507 e. The van der Waals surface area contributed by atoms with Gasteiger partial charge in [-0.3, -0.25) is 9.78 Å². The number of phenols is 1. The Labute approximate surface area is 170 Å². The molecule has 1 heterocycles. The molecule has 0 unspecified atom stereocenters. The van der Waals surface area contributed by atoms with Gasteiger partial charge in [-0.2, -0.15) is 9.78 Å². The van der Waals surface area contributed by atoms with Gasteiger partial charge in [0, 0.05) is 5.56 Å². The summed E-state index contributed by atoms with van der Waals surface area (Å²) < 4.78 is 8.08. The van der Waals surface area contributed by atoms with Crippen LogP contribution in [0.5, 0.6) is 17.2 Å². The second-order valence-electron chi connectivity index (χ2n) is 5.65. The Bertz CT molecular complexity index is 1140. The molecule has 9 heteroatoms. The summed E-state index contributed by atoms with van der Waals surface area (Å²) in [4.78, 5) is 25.2. The van der Waals surface area contributed by atoms with E-state index in [1.54, 1.807) is 31.2 Å². The number of hydrogen-bond donors (Lipinski definition) is 2. The van der Waals surface area contributed by atoms with Crippen LogP contribution >= 0.6 is 31.9 Å². The molecule has 2 aromatic carbocycles. The maximum atomic E-state index is 11.9. The highest BCUT2D eigenvalue weighted by molar-refractivity contribution is 9.11. The fourth-order valence-electron chi connectivity index (χ4n) is 2.34. The van der Waals surface area contributed by atoms with E-state index in [-0.39, 0.29) is 5.75 Å². The molecular formula is C18H13Br2N3O4. The first-order valence-corrected chi connectivity index (χ1v) is 9.19. The van der Waals surface area contributed by atoms with E-state index in [9.17, 15) is 14.7 Å². The number of aromatic hydroxyl groups is 1. The van der Waals surface area contributed by atoms with Crippen molar-refractivity contribution in [2.75, 3.05) is 0 Å². The number of ether oxygens (including phenoxy) is 1. The zero-order chi connectivity index (χ0) is 19.7. The number of rotatable bonds is 4. The van der Waals surface area contributed by atoms with Crippen LogP contribution in [0.2, 0.25) is 0 Å². The molecular weight excluding hydrogens is 482 g/mol. The zero-order valence-corrected chi connectivity index (χ0v) is 17.2. The van der Waals surface area contributed by atoms with Crippen LogP contribution in [0.4, 0.5) is 0 Å². The van der Waals surface area contributed by atoms with Crippen molar-refractivity contribution in [1.29, 1.82) is 0 Å². The first-order valence-electron chi connectivity index (χ1n) is 7.61. The summed E-state index contributed by atoms with van der Waals surface area (Å²) in [5, 5.41) is 13.7. The smallest absolute Gasteiger partial charge is 0.349 e. The van der Waals surface area contributed by atoms with Gasteiger partial charge in [0.15, 0.2) is 5.75 Å². The van der Waals surface area contributed by atoms with E-state index in [4.69, 9.17) is 4.74 Å². The zero-order valence-electron chi connectivity index (χ0n) is 14.0. The molecule has 0 spiro atoms. The van der Waals surface area contributed by atoms with E-state index >= 15 is 0 Å². The maximum absolute atomic E-state index is 11.9. The van der Waals surface area contributed by atoms with E-state index < -0.39 is 11.2 Å². The fourth-order valence-corrected chi connectivity index (χ4v) is 3.67. The summed E-state index contributed by atoms with van der Waals surface area (Å²) in [5.41, 5.74) is 0.487. The number of allylic oxidation sites excluding steroid dienone is 1. The van der Waals surface area contributed by atoms with Crippen LogP contribution < -0.4 is 16.0 Å². The van der Waals surface area contributed by atoms with Gasteiger partial charge in [-0.25, -0.2) is 4.79 Å². The fraction of sp³-hybridized carbons (Fsp3) is 0.0556. The average Bonchev–Trinajstić information content (AvgIpc) is 2.59. The predicted molar refractivity (Wildman–Crippen MR) is 109 cm³/mol. The van der Waals surface area contributed by atoms with Gasteiger partial charge in [-0.15, -0.1) is 0 Å². The van der Waals surface area contributed by atoms with E-state index in [2.05, 4.69) is 48.5 Å². The molecule has 0 atom stereocenters. The second kappa shape index (κ2) is 7.53. The van der Waals surface area contributed by atoms with Crippen molar-refractivity contribution in [1.82, 2.24) is 14.8 Å². The lowest BCUT2D eigenvalue weighted by atomic mass is 10.1. The van der Waals surface area contributed by atoms with Crippen molar-refractivity contribution in [3.8, 4) is 22.9 Å². The second-order valence-corrected chi connectivity index (χ2v) is 7.36. The van der Waals surface area contributed by atoms with E-state index in [0.717, 1.165) is 10.9 Å². The Kier molecular flexibility index (Phi) is 5.33. The van der Waals surface area contributed by atoms with Gasteiger partial charge in [-0.1, -0.05) is 6.58 Å². The third-order valence-electron chi connectivity index (χ3n) is 3.59. The molecule has 0 fully saturated rings. The van der Waals surface area contributed by atoms with Crippen molar-refractivity contribution >= 4 is 37.4 Å². The molecule has 0 aliphatic carbocycles. The van der Waals surface area contributed by atoms with Crippen molar-refractivity contribution in [3.05, 3.63) is 78.5 Å². The van der Waals surface area contributed by atoms with Gasteiger partial charge in [-0.05, 0) is 74.7 Å². The third kappa shape index (κ3) is 4.04. The SMILES string of the molecule is C=C(C)c1cc(Oc2c(Br)cc(-n3ncc(=O)[nH]c3=O)cc2Br)ccc1O. The van der Waals surface area contributed by atoms with E-state index in [1.807, 2.05) is 0 Å². The molecule has 1 aromatic heterocycles. The lowest BCUT2D eigenvalue weighted by Crippen LogP contribution is -2.30. The van der Waals surface area contributed by atoms with Crippen LogP contribution in [0, 0.1) is 0 Å². The molecule has 2 N–H and O–H groups in total. The van der Waals surface area contributed by atoms with Gasteiger partial charge in [0.25, 0.3) is 5.56 Å². The minimum Gasteiger partial charge on any atom is -0.507 e. The van der Waals surface area contributed by atoms with Gasteiger partial charge < -0.3 is 9.84 Å². The highest BCUT2D eigenvalue weighted by Crippen LogP contribution is 2.39. The Hall–Kier alpha value is -2.65. The minimum absolute atomic E-state index is 0.117. The Morgan fingerprint density at radius 2 is 1.89 bits per heavy atom. The molecule has 27 heavy (non-hydrogen) atoms. The van der Waals surface area contributed by atoms with Gasteiger partial charge in [0.1, 0.15) is 17.7 Å². The normalized spacial score (nSPS) is 10.6. The number of aromatic nitrogens is 3. The molecule has 0 bridgehead atoms. The van der Waals surface area contributed by atoms with E-state index in [0.29, 0.717) is 37.3 Å². The van der Waals surface area contributed by atoms with Gasteiger partial charge >= 0.3 is 5.69 Å². The molecule has 3 rings (SSSR count). The summed E-state index contributed by atoms with van der Waals surface area (Å²) in [6.45, 7) is 5.62. The molecule has 0 aliphatic heterocycles. The number of halogens is 2. The standard InChI is InChI=1S/C18H13Br2N3O4/c1-9(2)12-7-11(3-4-15(12)24)27-17-13(19)5-10(6-14(17)20)23-18(26)22-16(25)8-21-23/h3-8,24H,1H2,2H3,(H,22,25,26). The van der Waals surface area contributed by atoms with Crippen molar-refractivity contribution in [2.45, 2.75) is 6.92 Å². The topological polar surface area (TPSA) is 97.2 Å². The molecule has 0 aliphatic rings. The molecule has 138 valence electrons. The number of aromatic amines is 1. The molecule has 0 saturated heterocycles. The summed E-state index contributed by atoms with van der Waals surface area (Å²) in [6.07, 6.45) is 1.02. The Morgan fingerprint density at radius 3 is 2.48 bits per heavy atom. The number of phenolic OH excluding ortho intramolecular Hbond substituents is 1. The third-order valence-corrected chi connectivity index (χ3v) is 4.77. The van der Waals surface area contributed by atoms with Gasteiger partial charge in [0.05, 0.1) is 14.6 Å². The van der Waals surface area contributed by atoms with Crippen molar-refractivity contribution < 1.29 is 9.84 Å². The van der Waals surface area contributed by atoms with Gasteiger partial charge in [0.2, 0.25) is 0 Å². The van der Waals surface area contributed by atoms with Crippen LogP contribution in [0.15, 0.2) is 61.6 Å². The molecule has 0 radical (unpaired) electrons. The number of benzene rings is 2. The van der Waals surface area contributed by atoms with E-state index in [1.165, 1.54) is 6.07 Å². The monoisotopic (exact) mass is 493 g/mol. The van der Waals surface area contributed by atoms with Crippen LogP contribution in [0.25, 0.3) is 11.3 Å². The average molecular weight is 495 g/mol. The summed E-state index contributed by atoms with van der Waals surface area (Å²) in [5.74, 6) is 1.08. The predicted octanol–water partition coefficient (Wildman–Crippen LogP) is 3.98. The first kappa shape index (κ1) is 19.1. The molecule has 7 nitrogen and oxygen atoms in total. The summed E-state index contributed by atoms with van der Waals surface area (Å²) in [6, 6.07) is 8.10. The molecule has 3 aromatic rings. The lowest BCUT2D eigenvalue weighted by molar-refractivity contribution is 0.460. The molecule has 0 saturated carbocycles. The van der Waals surface area contributed by atoms with Crippen molar-refractivity contribution in [2.24, 2.45) is 0 Å². The highest BCUT2D eigenvalue weighted by Gasteiger charge is 2.14. The molecule has 0 amide bonds. The number of H-pyrrole nitrogens is 1. The number of nitrogens with one attached hydrogen (secondary N) is 1. The van der Waals surface area contributed by atoms with Crippen LogP contribution in [-0.4, -0.2) is 19.9 Å². The summed E-state index contributed by atoms with van der Waals surface area (Å²) >= 11 is 6.83. The Morgan fingerprint density at radius 1 is 1.22 bits per heavy atom. The first-order chi connectivity index (χ1) is 12.8. The quantitative estimate of drug-likeness (QED) is 0.571. The lowest BCUT2D eigenvalue weighted by Gasteiger charge is -2.13. The number of nitrogens with zero attached hydrogens (tertiary/aromatic N) is 2. The van der Waals surface area contributed by atoms with Crippen LogP contribution in [0.1, 0.15) is 12.5 Å². The highest BCUT2D eigenvalue weighted by atomic mass is 79.9. The maximum Gasteiger partial charge on any atom is 0.349 e. The van der Waals surface area contributed by atoms with Crippen molar-refractivity contribution in [3.63, 3.8) is 0 Å². The van der Waals surface area contributed by atoms with Crippen LogP contribution in [-0.2, 0) is 0 Å².